The van der Waals surface area contributed by atoms with Crippen molar-refractivity contribution < 1.29 is 45.0 Å². The lowest BCUT2D eigenvalue weighted by Gasteiger charge is -2.29. The first kappa shape index (κ1) is 30.4. The minimum Gasteiger partial charge on any atom is -0.480 e. The second-order valence-electron chi connectivity index (χ2n) is 8.78. The molecular weight excluding hydrogens is 591 g/mol. The number of halogens is 5. The molecule has 1 saturated heterocycles. The minimum atomic E-state index is -5.08. The summed E-state index contributed by atoms with van der Waals surface area (Å²) in [5.74, 6) is -4.83. The van der Waals surface area contributed by atoms with Crippen molar-refractivity contribution in [2.45, 2.75) is 11.1 Å². The van der Waals surface area contributed by atoms with E-state index in [1.165, 1.54) is 7.11 Å². The molecule has 0 bridgehead atoms. The van der Waals surface area contributed by atoms with Gasteiger partial charge in [0.15, 0.2) is 0 Å². The fourth-order valence-electron chi connectivity index (χ4n) is 4.07. The summed E-state index contributed by atoms with van der Waals surface area (Å²) in [6, 6.07) is 7.71. The van der Waals surface area contributed by atoms with Gasteiger partial charge >= 0.3 is 12.1 Å². The first-order valence-electron chi connectivity index (χ1n) is 12.1. The van der Waals surface area contributed by atoms with Crippen LogP contribution in [0.3, 0.4) is 0 Å². The Kier molecular flexibility index (Phi) is 8.81. The van der Waals surface area contributed by atoms with Gasteiger partial charge in [0, 0.05) is 62.0 Å². The van der Waals surface area contributed by atoms with Crippen molar-refractivity contribution >= 4 is 32.9 Å². The quantitative estimate of drug-likeness (QED) is 0.279. The van der Waals surface area contributed by atoms with Crippen molar-refractivity contribution in [1.29, 1.82) is 0 Å². The number of carboxylic acids is 1. The number of ether oxygens (including phenoxy) is 1. The smallest absolute Gasteiger partial charge is 0.480 e. The maximum absolute atomic E-state index is 14.2. The highest BCUT2D eigenvalue weighted by atomic mass is 32.2. The molecule has 1 aromatic carbocycles. The van der Waals surface area contributed by atoms with Crippen LogP contribution < -0.4 is 19.7 Å². The van der Waals surface area contributed by atoms with E-state index in [9.17, 15) is 30.4 Å². The number of carboxylic acid groups (broad SMARTS) is 1. The van der Waals surface area contributed by atoms with Gasteiger partial charge in [-0.3, -0.25) is 4.72 Å². The molecule has 0 unspecified atom stereocenters. The molecule has 224 valence electrons. The molecule has 4 aromatic rings. The number of hydrogen-bond acceptors (Lipinski definition) is 8. The van der Waals surface area contributed by atoms with Gasteiger partial charge in [-0.05, 0) is 30.3 Å². The van der Waals surface area contributed by atoms with Crippen LogP contribution in [-0.4, -0.2) is 73.6 Å². The Morgan fingerprint density at radius 3 is 2.40 bits per heavy atom. The average Bonchev–Trinajstić information content (AvgIpc) is 3.37. The second kappa shape index (κ2) is 12.2. The number of anilines is 2. The van der Waals surface area contributed by atoms with Crippen LogP contribution >= 0.6 is 0 Å². The fraction of sp³-hybridized carbons (Fsp3) is 0.240. The summed E-state index contributed by atoms with van der Waals surface area (Å²) in [5, 5.41) is 14.9. The number of fused-ring (bicyclic) bond motifs is 1. The van der Waals surface area contributed by atoms with Crippen molar-refractivity contribution in [3.05, 3.63) is 66.6 Å². The third-order valence-corrected chi connectivity index (χ3v) is 7.39. The van der Waals surface area contributed by atoms with Crippen molar-refractivity contribution in [3.63, 3.8) is 0 Å². The number of nitrogens with one attached hydrogen (secondary N) is 2. The topological polar surface area (TPSA) is 138 Å². The summed E-state index contributed by atoms with van der Waals surface area (Å²) in [5.41, 5.74) is 3.31. The minimum absolute atomic E-state index is 0.00300. The summed E-state index contributed by atoms with van der Waals surface area (Å²) in [6.45, 7) is 3.53. The number of piperazine rings is 1. The molecule has 0 spiro atoms. The van der Waals surface area contributed by atoms with Crippen LogP contribution in [0.1, 0.15) is 0 Å². The molecule has 17 heteroatoms. The number of aromatic nitrogens is 3. The van der Waals surface area contributed by atoms with Gasteiger partial charge in [0.1, 0.15) is 22.2 Å². The highest BCUT2D eigenvalue weighted by Crippen LogP contribution is 2.33. The number of rotatable bonds is 6. The highest BCUT2D eigenvalue weighted by Gasteiger charge is 2.38. The lowest BCUT2D eigenvalue weighted by Crippen LogP contribution is -2.43. The number of pyridine rings is 1. The van der Waals surface area contributed by atoms with E-state index in [1.54, 1.807) is 23.0 Å². The summed E-state index contributed by atoms with van der Waals surface area (Å²) >= 11 is 0. The molecule has 1 aliphatic heterocycles. The van der Waals surface area contributed by atoms with Gasteiger partial charge in [0.25, 0.3) is 10.0 Å². The Labute approximate surface area is 235 Å². The third-order valence-electron chi connectivity index (χ3n) is 5.99. The van der Waals surface area contributed by atoms with Gasteiger partial charge in [-0.15, -0.1) is 0 Å². The molecule has 5 rings (SSSR count). The fourth-order valence-corrected chi connectivity index (χ4v) is 5.18. The molecule has 0 atom stereocenters. The zero-order chi connectivity index (χ0) is 30.7. The molecule has 3 aromatic heterocycles. The maximum Gasteiger partial charge on any atom is 0.490 e. The van der Waals surface area contributed by atoms with Crippen molar-refractivity contribution in [2.24, 2.45) is 0 Å². The number of sulfonamides is 1. The van der Waals surface area contributed by atoms with Gasteiger partial charge in [-0.25, -0.2) is 31.5 Å². The molecule has 1 fully saturated rings. The number of methoxy groups -OCH3 is 1. The highest BCUT2D eigenvalue weighted by molar-refractivity contribution is 7.92. The second-order valence-corrected chi connectivity index (χ2v) is 10.4. The number of aliphatic carboxylic acids is 1. The molecule has 11 nitrogen and oxygen atoms in total. The Morgan fingerprint density at radius 2 is 1.79 bits per heavy atom. The number of carbonyl (C=O) groups is 1. The van der Waals surface area contributed by atoms with Gasteiger partial charge in [0.05, 0.1) is 18.3 Å². The van der Waals surface area contributed by atoms with Gasteiger partial charge in [-0.2, -0.15) is 18.3 Å². The lowest BCUT2D eigenvalue weighted by molar-refractivity contribution is -0.192. The van der Waals surface area contributed by atoms with Crippen LogP contribution in [0, 0.1) is 11.6 Å². The molecule has 0 amide bonds. The van der Waals surface area contributed by atoms with E-state index in [0.717, 1.165) is 55.1 Å². The van der Waals surface area contributed by atoms with Gasteiger partial charge in [-0.1, -0.05) is 0 Å². The standard InChI is InChI=1S/C23H22F2N6O3S.C2HF3O2/c1-34-23-19(29-35(32,33)22-3-2-17(24)12-18(22)25)10-15(13-27-23)16-11-21-20(4-5-28-31(21)14-16)30-8-6-26-7-9-30;3-2(4,5)1(6)7/h2-5,10-14,26,29H,6-9H2,1H3;(H,6,7). The number of hydrogen-bond donors (Lipinski definition) is 3. The summed E-state index contributed by atoms with van der Waals surface area (Å²) < 4.78 is 94.1. The summed E-state index contributed by atoms with van der Waals surface area (Å²) in [6.07, 6.45) is 0.0219. The molecule has 42 heavy (non-hydrogen) atoms. The van der Waals surface area contributed by atoms with Crippen LogP contribution in [0.15, 0.2) is 59.9 Å². The van der Waals surface area contributed by atoms with Crippen LogP contribution in [0.5, 0.6) is 5.88 Å². The van der Waals surface area contributed by atoms with Crippen molar-refractivity contribution in [1.82, 2.24) is 19.9 Å². The van der Waals surface area contributed by atoms with Crippen molar-refractivity contribution in [2.75, 3.05) is 42.9 Å². The predicted octanol–water partition coefficient (Wildman–Crippen LogP) is 3.53. The largest absolute Gasteiger partial charge is 0.490 e. The first-order valence-corrected chi connectivity index (χ1v) is 13.5. The third kappa shape index (κ3) is 6.85. The molecule has 3 N–H and O–H groups in total. The SMILES string of the molecule is COc1ncc(-c2cc3c(N4CCNCC4)ccnn3c2)cc1NS(=O)(=O)c1ccc(F)cc1F.O=C(O)C(F)(F)F. The van der Waals surface area contributed by atoms with E-state index in [1.807, 2.05) is 18.3 Å². The van der Waals surface area contributed by atoms with E-state index in [2.05, 4.69) is 25.0 Å². The monoisotopic (exact) mass is 614 g/mol. The van der Waals surface area contributed by atoms with E-state index in [-0.39, 0.29) is 11.6 Å². The zero-order valence-corrected chi connectivity index (χ0v) is 22.5. The van der Waals surface area contributed by atoms with Gasteiger partial charge in [0.2, 0.25) is 5.88 Å². The number of nitrogens with zero attached hydrogens (tertiary/aromatic N) is 4. The van der Waals surface area contributed by atoms with Gasteiger partial charge < -0.3 is 20.1 Å². The number of alkyl halides is 3. The van der Waals surface area contributed by atoms with E-state index in [4.69, 9.17) is 14.6 Å². The molecule has 0 aliphatic carbocycles. The Bertz CT molecular complexity index is 1710. The lowest BCUT2D eigenvalue weighted by atomic mass is 10.1. The Morgan fingerprint density at radius 1 is 1.10 bits per heavy atom. The van der Waals surface area contributed by atoms with E-state index >= 15 is 0 Å². The van der Waals surface area contributed by atoms with Crippen molar-refractivity contribution in [3.8, 4) is 17.0 Å². The average molecular weight is 615 g/mol. The molecule has 4 heterocycles. The van der Waals surface area contributed by atoms with E-state index < -0.39 is 38.7 Å². The Hall–Kier alpha value is -4.51. The maximum atomic E-state index is 14.2. The van der Waals surface area contributed by atoms with Crippen LogP contribution in [0.2, 0.25) is 0 Å². The normalized spacial score (nSPS) is 13.8. The predicted molar refractivity (Wildman–Crippen MR) is 141 cm³/mol. The number of benzene rings is 1. The first-order chi connectivity index (χ1) is 19.8. The van der Waals surface area contributed by atoms with E-state index in [0.29, 0.717) is 11.6 Å². The molecule has 0 radical (unpaired) electrons. The molecule has 1 aliphatic rings. The summed E-state index contributed by atoms with van der Waals surface area (Å²) in [7, 11) is -3.04. The van der Waals surface area contributed by atoms with Crippen LogP contribution in [0.25, 0.3) is 16.6 Å². The Balaban J connectivity index is 0.000000517. The summed E-state index contributed by atoms with van der Waals surface area (Å²) in [4.78, 5) is 14.7. The van der Waals surface area contributed by atoms with Crippen LogP contribution in [-0.2, 0) is 14.8 Å². The van der Waals surface area contributed by atoms with Crippen LogP contribution in [0.4, 0.5) is 33.3 Å². The molecular formula is C25H23F5N6O5S. The zero-order valence-electron chi connectivity index (χ0n) is 21.7. The molecule has 0 saturated carbocycles.